The molecule has 0 heterocycles. The van der Waals surface area contributed by atoms with Crippen LogP contribution >= 0.6 is 0 Å². The van der Waals surface area contributed by atoms with Crippen LogP contribution in [-0.2, 0) is 47.7 Å². The van der Waals surface area contributed by atoms with Gasteiger partial charge in [-0.3, -0.25) is 28.8 Å². The Kier molecular flexibility index (Phi) is 22.6. The highest BCUT2D eigenvalue weighted by Crippen LogP contribution is 2.38. The van der Waals surface area contributed by atoms with E-state index in [2.05, 4.69) is 20.8 Å². The van der Waals surface area contributed by atoms with Gasteiger partial charge in [-0.25, -0.2) is 0 Å². The number of ether oxygens (including phenoxy) is 6. The van der Waals surface area contributed by atoms with Crippen LogP contribution in [0.5, 0.6) is 11.5 Å². The lowest BCUT2D eigenvalue weighted by Gasteiger charge is -2.32. The zero-order valence-electron chi connectivity index (χ0n) is 43.8. The molecule has 0 spiro atoms. The van der Waals surface area contributed by atoms with Crippen molar-refractivity contribution >= 4 is 41.9 Å². The smallest absolute Gasteiger partial charge is 0.314 e. The molecule has 0 aliphatic heterocycles. The third kappa shape index (κ3) is 17.3. The van der Waals surface area contributed by atoms with Crippen molar-refractivity contribution in [3.8, 4) is 11.5 Å². The summed E-state index contributed by atoms with van der Waals surface area (Å²) in [6.45, 7) is 11.0. The molecule has 0 bridgehead atoms. The van der Waals surface area contributed by atoms with E-state index in [1.54, 1.807) is 18.2 Å². The number of hydrogen-bond donors (Lipinski definition) is 0. The Hall–Kier alpha value is -4.48. The van der Waals surface area contributed by atoms with Crippen LogP contribution in [0.4, 0.5) is 0 Å². The molecule has 7 rings (SSSR count). The first-order valence-corrected chi connectivity index (χ1v) is 27.9. The first-order chi connectivity index (χ1) is 34.3. The number of esters is 5. The lowest BCUT2D eigenvalue weighted by molar-refractivity contribution is -0.162. The van der Waals surface area contributed by atoms with E-state index in [0.29, 0.717) is 101 Å². The Bertz CT molecular complexity index is 1920. The maximum absolute atomic E-state index is 13.3. The summed E-state index contributed by atoms with van der Waals surface area (Å²) in [5.74, 6) is 1.78. The summed E-state index contributed by atoms with van der Waals surface area (Å²) >= 11 is 0. The van der Waals surface area contributed by atoms with E-state index in [4.69, 9.17) is 28.4 Å². The summed E-state index contributed by atoms with van der Waals surface area (Å²) in [4.78, 5) is 74.9. The quantitative estimate of drug-likeness (QED) is 0.0508. The fourth-order valence-electron chi connectivity index (χ4n) is 11.8. The predicted octanol–water partition coefficient (Wildman–Crippen LogP) is 13.0. The Morgan fingerprint density at radius 2 is 0.887 bits per heavy atom. The Balaban J connectivity index is 0.000000383. The minimum atomic E-state index is -0.332. The second-order valence-electron chi connectivity index (χ2n) is 22.0. The van der Waals surface area contributed by atoms with Crippen molar-refractivity contribution in [2.24, 2.45) is 47.3 Å². The van der Waals surface area contributed by atoms with Crippen LogP contribution in [0.2, 0.25) is 0 Å². The summed E-state index contributed by atoms with van der Waals surface area (Å²) in [6, 6.07) is 5.03. The van der Waals surface area contributed by atoms with Crippen LogP contribution in [-0.4, -0.2) is 60.7 Å². The average molecular weight is 987 g/mol. The lowest BCUT2D eigenvalue weighted by atomic mass is 9.81. The summed E-state index contributed by atoms with van der Waals surface area (Å²) < 4.78 is 34.3. The molecule has 0 N–H and O–H groups in total. The summed E-state index contributed by atoms with van der Waals surface area (Å²) in [6.07, 6.45) is 28.4. The van der Waals surface area contributed by atoms with Gasteiger partial charge in [-0.2, -0.15) is 0 Å². The third-order valence-electron chi connectivity index (χ3n) is 16.9. The van der Waals surface area contributed by atoms with Crippen molar-refractivity contribution in [3.05, 3.63) is 42.0 Å². The van der Waals surface area contributed by atoms with E-state index in [1.165, 1.54) is 38.5 Å². The van der Waals surface area contributed by atoms with Gasteiger partial charge in [0.1, 0.15) is 35.9 Å². The van der Waals surface area contributed by atoms with Gasteiger partial charge in [-0.1, -0.05) is 51.8 Å². The molecule has 6 fully saturated rings. The van der Waals surface area contributed by atoms with E-state index in [-0.39, 0.29) is 83.9 Å². The molecule has 0 saturated heterocycles. The van der Waals surface area contributed by atoms with Crippen molar-refractivity contribution in [1.82, 2.24) is 0 Å². The van der Waals surface area contributed by atoms with E-state index in [9.17, 15) is 28.8 Å². The number of benzene rings is 1. The normalized spacial score (nSPS) is 31.4. The summed E-state index contributed by atoms with van der Waals surface area (Å²) in [7, 11) is 0. The van der Waals surface area contributed by atoms with Crippen molar-refractivity contribution in [1.29, 1.82) is 0 Å². The lowest BCUT2D eigenvalue weighted by Crippen LogP contribution is -2.34. The van der Waals surface area contributed by atoms with Crippen LogP contribution in [0, 0.1) is 47.3 Å². The second kappa shape index (κ2) is 28.7. The number of allylic oxidation sites excluding steroid dienone is 4. The molecule has 71 heavy (non-hydrogen) atoms. The molecule has 12 nitrogen and oxygen atoms in total. The summed E-state index contributed by atoms with van der Waals surface area (Å²) in [5.41, 5.74) is 1.49. The average Bonchev–Trinajstić information content (AvgIpc) is 3.39. The highest BCUT2D eigenvalue weighted by Gasteiger charge is 2.36. The molecule has 0 aromatic heterocycles. The Labute approximate surface area is 424 Å². The monoisotopic (exact) mass is 987 g/mol. The van der Waals surface area contributed by atoms with Crippen LogP contribution in [0.15, 0.2) is 36.4 Å². The third-order valence-corrected chi connectivity index (χ3v) is 16.9. The topological polar surface area (TPSA) is 158 Å². The highest BCUT2D eigenvalue weighted by atomic mass is 16.6. The van der Waals surface area contributed by atoms with Gasteiger partial charge in [-0.15, -0.1) is 0 Å². The molecule has 0 unspecified atom stereocenters. The molecule has 6 saturated carbocycles. The van der Waals surface area contributed by atoms with Crippen molar-refractivity contribution in [3.63, 3.8) is 0 Å². The van der Waals surface area contributed by atoms with Gasteiger partial charge in [0, 0.05) is 5.56 Å². The first-order valence-electron chi connectivity index (χ1n) is 27.9. The number of hydrogen-bond acceptors (Lipinski definition) is 12. The molecule has 0 amide bonds. The van der Waals surface area contributed by atoms with Gasteiger partial charge >= 0.3 is 29.8 Å². The SMILES string of the molecule is C/C=C\C=C(/C)c1cc(OC(=O)C2CCC(OC(=O)C3CCC(OC(=O)C4CCC(CC)CC4)CC3)CC2)ccc1OC(=O)C1CCC(OC=O)CC1.CCC1CCC(C(=O)OC2CCC(C)CC2)CC1. The van der Waals surface area contributed by atoms with Crippen LogP contribution in [0.25, 0.3) is 5.57 Å². The molecule has 0 atom stereocenters. The Morgan fingerprint density at radius 1 is 0.507 bits per heavy atom. The van der Waals surface area contributed by atoms with Crippen LogP contribution < -0.4 is 9.47 Å². The predicted molar refractivity (Wildman–Crippen MR) is 272 cm³/mol. The molecule has 6 aliphatic rings. The molecule has 6 aliphatic carbocycles. The fraction of sp³-hybridized carbons (Fsp3) is 0.729. The van der Waals surface area contributed by atoms with E-state index >= 15 is 0 Å². The molecule has 0 radical (unpaired) electrons. The largest absolute Gasteiger partial charge is 0.465 e. The number of carbonyl (C=O) groups is 6. The van der Waals surface area contributed by atoms with Gasteiger partial charge in [-0.05, 0) is 209 Å². The fourth-order valence-corrected chi connectivity index (χ4v) is 11.8. The molecular formula is C59H86O12. The highest BCUT2D eigenvalue weighted by molar-refractivity contribution is 5.81. The second-order valence-corrected chi connectivity index (χ2v) is 22.0. The van der Waals surface area contributed by atoms with Crippen LogP contribution in [0.1, 0.15) is 207 Å². The minimum absolute atomic E-state index is 0.0192. The van der Waals surface area contributed by atoms with Gasteiger partial charge in [0.2, 0.25) is 0 Å². The van der Waals surface area contributed by atoms with Crippen LogP contribution in [0.3, 0.4) is 0 Å². The van der Waals surface area contributed by atoms with Crippen molar-refractivity contribution in [2.75, 3.05) is 0 Å². The first kappa shape index (κ1) is 55.8. The maximum atomic E-state index is 13.3. The van der Waals surface area contributed by atoms with Gasteiger partial charge < -0.3 is 28.4 Å². The zero-order valence-corrected chi connectivity index (χ0v) is 43.8. The van der Waals surface area contributed by atoms with E-state index < -0.39 is 0 Å². The number of rotatable bonds is 16. The van der Waals surface area contributed by atoms with Crippen molar-refractivity contribution in [2.45, 2.75) is 226 Å². The Morgan fingerprint density at radius 3 is 1.30 bits per heavy atom. The maximum Gasteiger partial charge on any atom is 0.314 e. The molecule has 394 valence electrons. The summed E-state index contributed by atoms with van der Waals surface area (Å²) in [5, 5.41) is 0. The molecular weight excluding hydrogens is 901 g/mol. The molecule has 1 aromatic carbocycles. The minimum Gasteiger partial charge on any atom is -0.465 e. The molecule has 1 aromatic rings. The van der Waals surface area contributed by atoms with E-state index in [0.717, 1.165) is 74.7 Å². The molecule has 12 heteroatoms. The zero-order chi connectivity index (χ0) is 50.7. The number of carbonyl (C=O) groups excluding carboxylic acids is 6. The van der Waals surface area contributed by atoms with Gasteiger partial charge in [0.05, 0.1) is 29.6 Å². The van der Waals surface area contributed by atoms with E-state index in [1.807, 2.05) is 32.1 Å². The van der Waals surface area contributed by atoms with Gasteiger partial charge in [0.25, 0.3) is 6.47 Å². The van der Waals surface area contributed by atoms with Gasteiger partial charge in [0.15, 0.2) is 0 Å². The standard InChI is InChI=1S/C43H58O10.C16H28O2/c1-4-6-7-28(3)38-26-37(24-25-39(38)53-43(48)33-12-18-34(19-13-33)49-27-44)52-42(47)32-16-22-36(23-17-32)51-41(46)31-14-20-35(21-15-31)50-40(45)30-10-8-29(5-2)9-11-30;1-3-13-6-8-14(9-7-13)16(17)18-15-10-4-12(2)5-11-15/h4,6-7,24-27,29-36H,5,8-23H2,1-3H3;12-15H,3-11H2,1-2H3/b6-4-,28-7+;. The van der Waals surface area contributed by atoms with Crippen molar-refractivity contribution < 1.29 is 57.2 Å².